The van der Waals surface area contributed by atoms with E-state index in [1.165, 1.54) is 0 Å². The summed E-state index contributed by atoms with van der Waals surface area (Å²) in [7, 11) is 1.91. The van der Waals surface area contributed by atoms with Gasteiger partial charge in [0.1, 0.15) is 17.8 Å². The van der Waals surface area contributed by atoms with Gasteiger partial charge in [0.2, 0.25) is 0 Å². The van der Waals surface area contributed by atoms with Crippen molar-refractivity contribution in [2.75, 3.05) is 11.4 Å². The highest BCUT2D eigenvalue weighted by Gasteiger charge is 2.20. The fourth-order valence-electron chi connectivity index (χ4n) is 4.04. The van der Waals surface area contributed by atoms with Crippen LogP contribution in [0.5, 0.6) is 0 Å². The van der Waals surface area contributed by atoms with Gasteiger partial charge in [0, 0.05) is 55.6 Å². The minimum absolute atomic E-state index is 0.687. The van der Waals surface area contributed by atoms with Gasteiger partial charge in [-0.05, 0) is 17.7 Å². The van der Waals surface area contributed by atoms with E-state index in [0.717, 1.165) is 63.6 Å². The van der Waals surface area contributed by atoms with Crippen LogP contribution in [0, 0.1) is 0 Å². The van der Waals surface area contributed by atoms with Crippen LogP contribution in [0.4, 0.5) is 5.82 Å². The summed E-state index contributed by atoms with van der Waals surface area (Å²) in [5, 5.41) is 13.0. The standard InChI is InChI=1S/C22H19N9/c1-30-11-15(10-27-30)14-2-3-17-16(8-14)22(29-28-17)19-9-21(26-13-25-19)31-7-4-18-20(12-31)24-6-5-23-18/h2-3,5-6,8-11,13H,4,7,12H2,1H3,(H,28,29). The molecule has 0 spiro atoms. The summed E-state index contributed by atoms with van der Waals surface area (Å²) in [4.78, 5) is 20.1. The molecule has 1 aliphatic heterocycles. The summed E-state index contributed by atoms with van der Waals surface area (Å²) >= 11 is 0. The fraction of sp³-hybridized carbons (Fsp3) is 0.182. The third-order valence-corrected chi connectivity index (χ3v) is 5.64. The Morgan fingerprint density at radius 2 is 1.87 bits per heavy atom. The largest absolute Gasteiger partial charge is 0.350 e. The SMILES string of the molecule is Cn1cc(-c2ccc3[nH]nc(-c4cc(N5CCc6nccnc6C5)ncn4)c3c2)cn1. The molecule has 152 valence electrons. The van der Waals surface area contributed by atoms with Crippen molar-refractivity contribution in [3.63, 3.8) is 0 Å². The Kier molecular flexibility index (Phi) is 3.98. The fourth-order valence-corrected chi connectivity index (χ4v) is 4.04. The average Bonchev–Trinajstić information content (AvgIpc) is 3.44. The Labute approximate surface area is 177 Å². The van der Waals surface area contributed by atoms with Gasteiger partial charge in [-0.2, -0.15) is 10.2 Å². The summed E-state index contributed by atoms with van der Waals surface area (Å²) in [5.74, 6) is 0.862. The lowest BCUT2D eigenvalue weighted by atomic mass is 10.1. The molecule has 5 aromatic rings. The molecule has 0 bridgehead atoms. The minimum atomic E-state index is 0.687. The van der Waals surface area contributed by atoms with E-state index in [9.17, 15) is 0 Å². The van der Waals surface area contributed by atoms with Gasteiger partial charge in [-0.25, -0.2) is 9.97 Å². The van der Waals surface area contributed by atoms with Crippen molar-refractivity contribution in [3.05, 3.63) is 66.8 Å². The maximum atomic E-state index is 4.55. The van der Waals surface area contributed by atoms with Crippen molar-refractivity contribution in [2.45, 2.75) is 13.0 Å². The average molecular weight is 409 g/mol. The molecule has 5 heterocycles. The lowest BCUT2D eigenvalue weighted by Gasteiger charge is -2.28. The summed E-state index contributed by atoms with van der Waals surface area (Å²) in [6.45, 7) is 1.53. The number of hydrogen-bond acceptors (Lipinski definition) is 7. The lowest BCUT2D eigenvalue weighted by Crippen LogP contribution is -2.32. The van der Waals surface area contributed by atoms with Gasteiger partial charge >= 0.3 is 0 Å². The van der Waals surface area contributed by atoms with E-state index in [0.29, 0.717) is 6.54 Å². The number of aryl methyl sites for hydroxylation is 1. The molecule has 31 heavy (non-hydrogen) atoms. The van der Waals surface area contributed by atoms with Gasteiger partial charge < -0.3 is 4.90 Å². The Balaban J connectivity index is 1.37. The normalized spacial score (nSPS) is 13.5. The van der Waals surface area contributed by atoms with Gasteiger partial charge in [0.05, 0.1) is 35.3 Å². The van der Waals surface area contributed by atoms with Crippen molar-refractivity contribution in [2.24, 2.45) is 7.05 Å². The third kappa shape index (κ3) is 3.10. The molecule has 0 fully saturated rings. The smallest absolute Gasteiger partial charge is 0.132 e. The van der Waals surface area contributed by atoms with Gasteiger partial charge in [0.15, 0.2) is 0 Å². The molecule has 4 aromatic heterocycles. The molecular weight excluding hydrogens is 390 g/mol. The van der Waals surface area contributed by atoms with Crippen molar-refractivity contribution in [3.8, 4) is 22.5 Å². The van der Waals surface area contributed by atoms with E-state index in [2.05, 4.69) is 52.3 Å². The first-order valence-corrected chi connectivity index (χ1v) is 10.1. The number of fused-ring (bicyclic) bond motifs is 2. The van der Waals surface area contributed by atoms with E-state index < -0.39 is 0 Å². The zero-order valence-corrected chi connectivity index (χ0v) is 16.9. The van der Waals surface area contributed by atoms with Crippen LogP contribution in [0.1, 0.15) is 11.4 Å². The zero-order valence-electron chi connectivity index (χ0n) is 16.9. The monoisotopic (exact) mass is 409 g/mol. The zero-order chi connectivity index (χ0) is 20.8. The van der Waals surface area contributed by atoms with Crippen LogP contribution in [0.2, 0.25) is 0 Å². The van der Waals surface area contributed by atoms with E-state index >= 15 is 0 Å². The van der Waals surface area contributed by atoms with Crippen LogP contribution in [0.3, 0.4) is 0 Å². The topological polar surface area (TPSA) is 101 Å². The Morgan fingerprint density at radius 1 is 0.968 bits per heavy atom. The number of nitrogens with one attached hydrogen (secondary N) is 1. The summed E-state index contributed by atoms with van der Waals surface area (Å²) < 4.78 is 1.80. The van der Waals surface area contributed by atoms with E-state index in [4.69, 9.17) is 0 Å². The quantitative estimate of drug-likeness (QED) is 0.489. The van der Waals surface area contributed by atoms with E-state index in [-0.39, 0.29) is 0 Å². The van der Waals surface area contributed by atoms with Crippen LogP contribution >= 0.6 is 0 Å². The molecule has 9 heteroatoms. The van der Waals surface area contributed by atoms with Gasteiger partial charge in [-0.1, -0.05) is 6.07 Å². The van der Waals surface area contributed by atoms with Gasteiger partial charge in [-0.15, -0.1) is 0 Å². The number of aromatic amines is 1. The molecule has 0 radical (unpaired) electrons. The van der Waals surface area contributed by atoms with Crippen LogP contribution in [-0.2, 0) is 20.0 Å². The maximum absolute atomic E-state index is 4.55. The lowest BCUT2D eigenvalue weighted by molar-refractivity contribution is 0.680. The molecule has 0 saturated carbocycles. The third-order valence-electron chi connectivity index (χ3n) is 5.64. The highest BCUT2D eigenvalue weighted by Crippen LogP contribution is 2.31. The predicted octanol–water partition coefficient (Wildman–Crippen LogP) is 2.77. The summed E-state index contributed by atoms with van der Waals surface area (Å²) in [5.41, 5.74) is 6.77. The molecule has 1 aliphatic rings. The predicted molar refractivity (Wildman–Crippen MR) is 116 cm³/mol. The molecule has 0 aliphatic carbocycles. The first kappa shape index (κ1) is 17.7. The Hall–Kier alpha value is -4.14. The van der Waals surface area contributed by atoms with Crippen LogP contribution in [0.25, 0.3) is 33.4 Å². The first-order chi connectivity index (χ1) is 15.2. The van der Waals surface area contributed by atoms with E-state index in [1.807, 2.05) is 31.6 Å². The molecule has 0 unspecified atom stereocenters. The second kappa shape index (κ2) is 6.98. The number of benzene rings is 1. The number of hydrogen-bond donors (Lipinski definition) is 1. The van der Waals surface area contributed by atoms with Crippen molar-refractivity contribution >= 4 is 16.7 Å². The summed E-state index contributed by atoms with van der Waals surface area (Å²) in [6.07, 6.45) is 9.80. The molecule has 0 saturated heterocycles. The van der Waals surface area contributed by atoms with Crippen LogP contribution in [0.15, 0.2) is 55.4 Å². The Morgan fingerprint density at radius 3 is 2.74 bits per heavy atom. The number of H-pyrrole nitrogens is 1. The van der Waals surface area contributed by atoms with Crippen LogP contribution in [-0.4, -0.2) is 46.5 Å². The van der Waals surface area contributed by atoms with Gasteiger partial charge in [0.25, 0.3) is 0 Å². The number of nitrogens with zero attached hydrogens (tertiary/aromatic N) is 8. The second-order valence-corrected chi connectivity index (χ2v) is 7.62. The highest BCUT2D eigenvalue weighted by molar-refractivity contribution is 5.95. The molecule has 0 atom stereocenters. The second-order valence-electron chi connectivity index (χ2n) is 7.62. The maximum Gasteiger partial charge on any atom is 0.132 e. The van der Waals surface area contributed by atoms with Crippen LogP contribution < -0.4 is 4.90 Å². The molecule has 0 amide bonds. The molecule has 1 aromatic carbocycles. The molecule has 6 rings (SSSR count). The molecule has 9 nitrogen and oxygen atoms in total. The number of rotatable bonds is 3. The number of aromatic nitrogens is 8. The minimum Gasteiger partial charge on any atom is -0.350 e. The van der Waals surface area contributed by atoms with E-state index in [1.54, 1.807) is 23.4 Å². The van der Waals surface area contributed by atoms with Crippen molar-refractivity contribution in [1.82, 2.24) is 39.9 Å². The van der Waals surface area contributed by atoms with Crippen molar-refractivity contribution in [1.29, 1.82) is 0 Å². The molecular formula is C22H19N9. The van der Waals surface area contributed by atoms with Crippen molar-refractivity contribution < 1.29 is 0 Å². The first-order valence-electron chi connectivity index (χ1n) is 10.1. The van der Waals surface area contributed by atoms with Gasteiger partial charge in [-0.3, -0.25) is 19.7 Å². The number of anilines is 1. The summed E-state index contributed by atoms with van der Waals surface area (Å²) in [6, 6.07) is 8.23. The Bertz CT molecular complexity index is 1400. The highest BCUT2D eigenvalue weighted by atomic mass is 15.2. The molecule has 1 N–H and O–H groups in total.